The fraction of sp³-hybridized carbons (Fsp3) is 0.0625. The zero-order valence-electron chi connectivity index (χ0n) is 13.8. The van der Waals surface area contributed by atoms with Gasteiger partial charge in [-0.3, -0.25) is 4.79 Å². The van der Waals surface area contributed by atoms with Crippen LogP contribution in [0.3, 0.4) is 0 Å². The summed E-state index contributed by atoms with van der Waals surface area (Å²) in [7, 11) is 0. The molecular formula is C16H12Cl3N7O. The minimum atomic E-state index is -0.663. The Morgan fingerprint density at radius 1 is 1.19 bits per heavy atom. The smallest absolute Gasteiger partial charge is 0.291 e. The Bertz CT molecular complexity index is 1020. The van der Waals surface area contributed by atoms with Crippen molar-refractivity contribution in [1.82, 2.24) is 25.2 Å². The first-order valence-corrected chi connectivity index (χ1v) is 8.62. The lowest BCUT2D eigenvalue weighted by Gasteiger charge is -2.08. The molecule has 1 amide bonds. The Labute approximate surface area is 169 Å². The number of carbonyl (C=O) groups is 1. The average Bonchev–Trinajstić information content (AvgIpc) is 3.22. The van der Waals surface area contributed by atoms with Gasteiger partial charge in [0.05, 0.1) is 22.1 Å². The van der Waals surface area contributed by atoms with Crippen molar-refractivity contribution < 1.29 is 4.79 Å². The van der Waals surface area contributed by atoms with Crippen LogP contribution in [0, 0.1) is 0 Å². The SMILES string of the molecule is C/C(=N\NC(=O)c1nc(Cl)c(Cl)c(N)c1Cl)c1ccc(-n2cncn2)cc1. The van der Waals surface area contributed by atoms with Crippen LogP contribution in [0.5, 0.6) is 0 Å². The predicted octanol–water partition coefficient (Wildman–Crippen LogP) is 3.36. The Morgan fingerprint density at radius 2 is 1.89 bits per heavy atom. The first-order chi connectivity index (χ1) is 12.9. The number of anilines is 1. The summed E-state index contributed by atoms with van der Waals surface area (Å²) in [5.74, 6) is -0.663. The van der Waals surface area contributed by atoms with Gasteiger partial charge in [0.25, 0.3) is 5.91 Å². The van der Waals surface area contributed by atoms with E-state index in [1.807, 2.05) is 24.3 Å². The number of nitrogens with two attached hydrogens (primary N) is 1. The van der Waals surface area contributed by atoms with Gasteiger partial charge in [-0.25, -0.2) is 20.1 Å². The standard InChI is InChI=1S/C16H12Cl3N7O/c1-8(9-2-4-10(5-3-9)26-7-21-6-22-26)24-25-16(27)14-11(17)13(20)12(18)15(19)23-14/h2-7H,1H3,(H2,20,23)(H,25,27)/b24-8+. The largest absolute Gasteiger partial charge is 0.396 e. The molecule has 0 aliphatic rings. The molecule has 2 heterocycles. The molecule has 1 aromatic carbocycles. The number of nitrogen functional groups attached to an aromatic ring is 1. The van der Waals surface area contributed by atoms with Crippen LogP contribution in [0.25, 0.3) is 5.69 Å². The molecular weight excluding hydrogens is 413 g/mol. The highest BCUT2D eigenvalue weighted by atomic mass is 35.5. The number of carbonyl (C=O) groups excluding carboxylic acids is 1. The highest BCUT2D eigenvalue weighted by Crippen LogP contribution is 2.34. The van der Waals surface area contributed by atoms with Gasteiger partial charge in [-0.05, 0) is 24.6 Å². The number of nitrogens with zero attached hydrogens (tertiary/aromatic N) is 5. The summed E-state index contributed by atoms with van der Waals surface area (Å²) in [5.41, 5.74) is 10.1. The summed E-state index contributed by atoms with van der Waals surface area (Å²) in [6.45, 7) is 1.74. The molecule has 0 saturated carbocycles. The van der Waals surface area contributed by atoms with E-state index in [9.17, 15) is 4.79 Å². The van der Waals surface area contributed by atoms with Crippen molar-refractivity contribution in [2.45, 2.75) is 6.92 Å². The van der Waals surface area contributed by atoms with Crippen molar-refractivity contribution >= 4 is 52.1 Å². The lowest BCUT2D eigenvalue weighted by molar-refractivity contribution is 0.0950. The second-order valence-corrected chi connectivity index (χ2v) is 6.43. The molecule has 0 radical (unpaired) electrons. The molecule has 0 aliphatic carbocycles. The van der Waals surface area contributed by atoms with E-state index in [-0.39, 0.29) is 26.6 Å². The van der Waals surface area contributed by atoms with Gasteiger partial charge >= 0.3 is 0 Å². The number of hydrogen-bond acceptors (Lipinski definition) is 6. The number of nitrogens with one attached hydrogen (secondary N) is 1. The van der Waals surface area contributed by atoms with Crippen LogP contribution in [-0.4, -0.2) is 31.4 Å². The monoisotopic (exact) mass is 423 g/mol. The zero-order valence-corrected chi connectivity index (χ0v) is 16.1. The molecule has 3 rings (SSSR count). The Morgan fingerprint density at radius 3 is 2.52 bits per heavy atom. The molecule has 0 fully saturated rings. The molecule has 11 heteroatoms. The van der Waals surface area contributed by atoms with Gasteiger partial charge in [-0.2, -0.15) is 10.2 Å². The average molecular weight is 425 g/mol. The number of benzene rings is 1. The molecule has 8 nitrogen and oxygen atoms in total. The second-order valence-electron chi connectivity index (χ2n) is 5.32. The second kappa shape index (κ2) is 7.91. The highest BCUT2D eigenvalue weighted by molar-refractivity contribution is 6.46. The summed E-state index contributed by atoms with van der Waals surface area (Å²) in [6, 6.07) is 7.38. The summed E-state index contributed by atoms with van der Waals surface area (Å²) >= 11 is 17.7. The first-order valence-electron chi connectivity index (χ1n) is 7.48. The van der Waals surface area contributed by atoms with E-state index in [1.54, 1.807) is 17.9 Å². The van der Waals surface area contributed by atoms with Crippen LogP contribution in [0.4, 0.5) is 5.69 Å². The lowest BCUT2D eigenvalue weighted by Crippen LogP contribution is -2.21. The summed E-state index contributed by atoms with van der Waals surface area (Å²) in [6.07, 6.45) is 3.04. The van der Waals surface area contributed by atoms with Gasteiger partial charge in [0.2, 0.25) is 0 Å². The quantitative estimate of drug-likeness (QED) is 0.379. The van der Waals surface area contributed by atoms with Crippen LogP contribution in [0.1, 0.15) is 23.0 Å². The van der Waals surface area contributed by atoms with Gasteiger partial charge in [0.15, 0.2) is 10.8 Å². The van der Waals surface area contributed by atoms with E-state index in [0.717, 1.165) is 11.3 Å². The molecule has 27 heavy (non-hydrogen) atoms. The Kier molecular flexibility index (Phi) is 5.59. The van der Waals surface area contributed by atoms with Crippen molar-refractivity contribution in [2.75, 3.05) is 5.73 Å². The van der Waals surface area contributed by atoms with E-state index >= 15 is 0 Å². The maximum Gasteiger partial charge on any atom is 0.291 e. The van der Waals surface area contributed by atoms with Crippen molar-refractivity contribution in [3.05, 3.63) is 63.4 Å². The zero-order chi connectivity index (χ0) is 19.6. The van der Waals surface area contributed by atoms with E-state index in [2.05, 4.69) is 25.6 Å². The Balaban J connectivity index is 1.77. The maximum absolute atomic E-state index is 12.3. The van der Waals surface area contributed by atoms with Gasteiger partial charge in [-0.15, -0.1) is 0 Å². The maximum atomic E-state index is 12.3. The van der Waals surface area contributed by atoms with Crippen LogP contribution in [0.15, 0.2) is 42.0 Å². The third-order valence-electron chi connectivity index (χ3n) is 3.58. The molecule has 0 spiro atoms. The first kappa shape index (κ1) is 19.1. The van der Waals surface area contributed by atoms with Crippen molar-refractivity contribution in [1.29, 1.82) is 0 Å². The number of hydrogen-bond donors (Lipinski definition) is 2. The molecule has 0 unspecified atom stereocenters. The fourth-order valence-electron chi connectivity index (χ4n) is 2.13. The van der Waals surface area contributed by atoms with Gasteiger partial charge in [0, 0.05) is 0 Å². The molecule has 0 saturated heterocycles. The van der Waals surface area contributed by atoms with Gasteiger partial charge in [0.1, 0.15) is 17.7 Å². The molecule has 2 aromatic heterocycles. The number of rotatable bonds is 4. The van der Waals surface area contributed by atoms with Crippen LogP contribution in [0.2, 0.25) is 15.2 Å². The molecule has 0 bridgehead atoms. The van der Waals surface area contributed by atoms with Crippen molar-refractivity contribution in [2.24, 2.45) is 5.10 Å². The summed E-state index contributed by atoms with van der Waals surface area (Å²) in [4.78, 5) is 20.0. The number of aromatic nitrogens is 4. The predicted molar refractivity (Wildman–Crippen MR) is 105 cm³/mol. The van der Waals surface area contributed by atoms with E-state index < -0.39 is 5.91 Å². The lowest BCUT2D eigenvalue weighted by atomic mass is 10.1. The summed E-state index contributed by atoms with van der Waals surface area (Å²) in [5, 5.41) is 7.89. The third kappa shape index (κ3) is 4.02. The van der Waals surface area contributed by atoms with Crippen LogP contribution < -0.4 is 11.2 Å². The molecule has 138 valence electrons. The number of halogens is 3. The van der Waals surface area contributed by atoms with E-state index in [1.165, 1.54) is 6.33 Å². The topological polar surface area (TPSA) is 111 Å². The molecule has 3 aromatic rings. The molecule has 0 aliphatic heterocycles. The van der Waals surface area contributed by atoms with Crippen LogP contribution >= 0.6 is 34.8 Å². The van der Waals surface area contributed by atoms with E-state index in [0.29, 0.717) is 5.71 Å². The Hall–Kier alpha value is -2.68. The summed E-state index contributed by atoms with van der Waals surface area (Å²) < 4.78 is 1.63. The van der Waals surface area contributed by atoms with Gasteiger partial charge < -0.3 is 5.73 Å². The fourth-order valence-corrected chi connectivity index (χ4v) is 2.72. The minimum absolute atomic E-state index is 0.00892. The minimum Gasteiger partial charge on any atom is -0.396 e. The number of amides is 1. The van der Waals surface area contributed by atoms with Crippen molar-refractivity contribution in [3.8, 4) is 5.69 Å². The number of pyridine rings is 1. The third-order valence-corrected chi connectivity index (χ3v) is 4.72. The van der Waals surface area contributed by atoms with Gasteiger partial charge in [-0.1, -0.05) is 46.9 Å². The van der Waals surface area contributed by atoms with Crippen molar-refractivity contribution in [3.63, 3.8) is 0 Å². The van der Waals surface area contributed by atoms with E-state index in [4.69, 9.17) is 40.5 Å². The molecule has 3 N–H and O–H groups in total. The normalized spacial score (nSPS) is 11.5. The van der Waals surface area contributed by atoms with Crippen LogP contribution in [-0.2, 0) is 0 Å². The highest BCUT2D eigenvalue weighted by Gasteiger charge is 2.19. The molecule has 0 atom stereocenters. The number of hydrazone groups is 1.